The van der Waals surface area contributed by atoms with Gasteiger partial charge in [-0.05, 0) is 37.5 Å². The Labute approximate surface area is 228 Å². The molecule has 210 valence electrons. The molecule has 1 amide bonds. The molecule has 0 radical (unpaired) electrons. The van der Waals surface area contributed by atoms with Gasteiger partial charge in [0.15, 0.2) is 5.69 Å². The number of carbonyl (C=O) groups excluding carboxylic acids is 1. The van der Waals surface area contributed by atoms with Gasteiger partial charge in [-0.2, -0.15) is 18.3 Å². The van der Waals surface area contributed by atoms with E-state index in [0.29, 0.717) is 40.4 Å². The number of hydrogen-bond acceptors (Lipinski definition) is 6. The second-order valence-electron chi connectivity index (χ2n) is 9.54. The van der Waals surface area contributed by atoms with Crippen molar-refractivity contribution < 1.29 is 36.0 Å². The summed E-state index contributed by atoms with van der Waals surface area (Å²) < 4.78 is 75.2. The number of carbonyl (C=O) groups is 1. The fourth-order valence-electron chi connectivity index (χ4n) is 4.82. The van der Waals surface area contributed by atoms with Crippen molar-refractivity contribution in [2.45, 2.75) is 62.6 Å². The number of benzene rings is 2. The molecule has 1 heterocycles. The van der Waals surface area contributed by atoms with Crippen LogP contribution in [-0.2, 0) is 10.1 Å². The first-order valence-corrected chi connectivity index (χ1v) is 14.1. The first-order valence-electron chi connectivity index (χ1n) is 12.2. The maximum atomic E-state index is 13.2. The van der Waals surface area contributed by atoms with E-state index in [4.69, 9.17) is 11.6 Å². The van der Waals surface area contributed by atoms with Gasteiger partial charge in [0.2, 0.25) is 0 Å². The van der Waals surface area contributed by atoms with Crippen molar-refractivity contribution in [3.63, 3.8) is 0 Å². The van der Waals surface area contributed by atoms with Crippen LogP contribution in [0.2, 0.25) is 5.02 Å². The fraction of sp³-hybridized carbons (Fsp3) is 0.385. The zero-order chi connectivity index (χ0) is 28.5. The van der Waals surface area contributed by atoms with Gasteiger partial charge >= 0.3 is 6.18 Å². The van der Waals surface area contributed by atoms with Crippen molar-refractivity contribution in [3.8, 4) is 16.9 Å². The smallest absolute Gasteiger partial charge is 0.390 e. The molecular formula is C26H26ClF3N3O5S-. The summed E-state index contributed by atoms with van der Waals surface area (Å²) in [6.45, 7) is 1.64. The monoisotopic (exact) mass is 584 g/mol. The maximum Gasteiger partial charge on any atom is 0.390 e. The highest BCUT2D eigenvalue weighted by Gasteiger charge is 2.36. The van der Waals surface area contributed by atoms with Crippen LogP contribution in [0.4, 0.5) is 13.2 Å². The Morgan fingerprint density at radius 3 is 2.41 bits per heavy atom. The molecule has 1 fully saturated rings. The van der Waals surface area contributed by atoms with E-state index in [2.05, 4.69) is 10.4 Å². The number of aliphatic hydroxyl groups is 1. The van der Waals surface area contributed by atoms with Gasteiger partial charge in [-0.25, -0.2) is 13.1 Å². The number of nitrogens with one attached hydrogen (secondary N) is 1. The molecule has 1 aromatic heterocycles. The Bertz CT molecular complexity index is 1460. The van der Waals surface area contributed by atoms with Crippen molar-refractivity contribution in [2.24, 2.45) is 0 Å². The SMILES string of the molecule is Cc1c(C(=O)N[C@H]2CCCC[C@H]2O)nn(-c2ccccc2Cl)c1-c1ccc(C(CC(F)(F)F)S(=O)(=O)[O-])cc1. The van der Waals surface area contributed by atoms with Gasteiger partial charge in [0.05, 0.1) is 40.2 Å². The lowest BCUT2D eigenvalue weighted by Crippen LogP contribution is -2.45. The molecule has 39 heavy (non-hydrogen) atoms. The van der Waals surface area contributed by atoms with Crippen molar-refractivity contribution in [3.05, 3.63) is 70.4 Å². The lowest BCUT2D eigenvalue weighted by Gasteiger charge is -2.28. The Hall–Kier alpha value is -2.93. The molecule has 1 saturated carbocycles. The topological polar surface area (TPSA) is 124 Å². The molecular weight excluding hydrogens is 559 g/mol. The molecule has 2 N–H and O–H groups in total. The summed E-state index contributed by atoms with van der Waals surface area (Å²) in [6, 6.07) is 11.3. The number of nitrogens with zero attached hydrogens (tertiary/aromatic N) is 2. The minimum Gasteiger partial charge on any atom is -0.747 e. The van der Waals surface area contributed by atoms with Gasteiger partial charge in [-0.3, -0.25) is 4.79 Å². The Balaban J connectivity index is 1.77. The van der Waals surface area contributed by atoms with Gasteiger partial charge in [-0.15, -0.1) is 0 Å². The molecule has 4 rings (SSSR count). The number of aromatic nitrogens is 2. The third kappa shape index (κ3) is 6.63. The van der Waals surface area contributed by atoms with Gasteiger partial charge in [0.25, 0.3) is 5.91 Å². The summed E-state index contributed by atoms with van der Waals surface area (Å²) in [6.07, 6.45) is -4.44. The van der Waals surface area contributed by atoms with E-state index in [1.54, 1.807) is 31.2 Å². The second-order valence-corrected chi connectivity index (χ2v) is 11.5. The Morgan fingerprint density at radius 2 is 1.82 bits per heavy atom. The number of amides is 1. The summed E-state index contributed by atoms with van der Waals surface area (Å²) in [5.74, 6) is -0.509. The predicted molar refractivity (Wildman–Crippen MR) is 138 cm³/mol. The Morgan fingerprint density at radius 1 is 1.18 bits per heavy atom. The quantitative estimate of drug-likeness (QED) is 0.374. The van der Waals surface area contributed by atoms with Crippen LogP contribution in [0.25, 0.3) is 16.9 Å². The number of para-hydroxylation sites is 1. The van der Waals surface area contributed by atoms with Crippen LogP contribution >= 0.6 is 11.6 Å². The van der Waals surface area contributed by atoms with Crippen molar-refractivity contribution in [2.75, 3.05) is 0 Å². The van der Waals surface area contributed by atoms with Crippen LogP contribution in [0.3, 0.4) is 0 Å². The van der Waals surface area contributed by atoms with Crippen LogP contribution < -0.4 is 5.32 Å². The third-order valence-electron chi connectivity index (χ3n) is 6.79. The molecule has 0 aliphatic heterocycles. The van der Waals surface area contributed by atoms with Crippen LogP contribution in [0.1, 0.15) is 59.0 Å². The standard InChI is InChI=1S/C26H27ClF3N3O5S/c1-15-23(25(35)31-19-7-3-5-9-21(19)34)32-33(20-8-4-2-6-18(20)27)24(15)17-12-10-16(11-13-17)22(39(36,37)38)14-26(28,29)30/h2,4,6,8,10-13,19,21-22,34H,3,5,7,9,14H2,1H3,(H,31,35)(H,36,37,38)/p-1/t19-,21+,22?/m0/s1. The summed E-state index contributed by atoms with van der Waals surface area (Å²) in [5, 5.41) is 15.6. The van der Waals surface area contributed by atoms with Crippen LogP contribution in [0.15, 0.2) is 48.5 Å². The van der Waals surface area contributed by atoms with E-state index in [1.807, 2.05) is 0 Å². The molecule has 13 heteroatoms. The van der Waals surface area contributed by atoms with E-state index < -0.39 is 46.0 Å². The van der Waals surface area contributed by atoms with Crippen molar-refractivity contribution >= 4 is 27.6 Å². The van der Waals surface area contributed by atoms with Crippen LogP contribution in [0, 0.1) is 6.92 Å². The number of alkyl halides is 3. The normalized spacial score (nSPS) is 19.1. The number of rotatable bonds is 7. The van der Waals surface area contributed by atoms with Gasteiger partial charge in [0.1, 0.15) is 10.1 Å². The number of aliphatic hydroxyl groups excluding tert-OH is 1. The van der Waals surface area contributed by atoms with Gasteiger partial charge < -0.3 is 15.0 Å². The van der Waals surface area contributed by atoms with E-state index in [-0.39, 0.29) is 11.3 Å². The number of hydrogen-bond donors (Lipinski definition) is 2. The third-order valence-corrected chi connectivity index (χ3v) is 8.24. The lowest BCUT2D eigenvalue weighted by atomic mass is 9.92. The minimum atomic E-state index is -5.30. The largest absolute Gasteiger partial charge is 0.747 e. The molecule has 2 aromatic carbocycles. The first-order chi connectivity index (χ1) is 18.3. The first kappa shape index (κ1) is 29.1. The highest BCUT2D eigenvalue weighted by Crippen LogP contribution is 2.37. The molecule has 3 atom stereocenters. The summed E-state index contributed by atoms with van der Waals surface area (Å²) in [4.78, 5) is 13.2. The predicted octanol–water partition coefficient (Wildman–Crippen LogP) is 5.07. The molecule has 3 aromatic rings. The summed E-state index contributed by atoms with van der Waals surface area (Å²) in [7, 11) is -5.30. The Kier molecular flexibility index (Phi) is 8.41. The molecule has 0 saturated heterocycles. The van der Waals surface area contributed by atoms with Crippen molar-refractivity contribution in [1.29, 1.82) is 0 Å². The molecule has 1 aliphatic rings. The minimum absolute atomic E-state index is 0.0591. The second kappa shape index (κ2) is 11.3. The van der Waals surface area contributed by atoms with Gasteiger partial charge in [-0.1, -0.05) is 60.8 Å². The van der Waals surface area contributed by atoms with E-state index in [9.17, 15) is 36.0 Å². The van der Waals surface area contributed by atoms with E-state index >= 15 is 0 Å². The zero-order valence-corrected chi connectivity index (χ0v) is 22.4. The molecule has 0 bridgehead atoms. The zero-order valence-electron chi connectivity index (χ0n) is 20.8. The number of halogens is 4. The van der Waals surface area contributed by atoms with Gasteiger partial charge in [0, 0.05) is 11.1 Å². The summed E-state index contributed by atoms with van der Waals surface area (Å²) >= 11 is 6.41. The van der Waals surface area contributed by atoms with E-state index in [0.717, 1.165) is 25.0 Å². The molecule has 1 unspecified atom stereocenters. The fourth-order valence-corrected chi connectivity index (χ4v) is 5.92. The van der Waals surface area contributed by atoms with E-state index in [1.165, 1.54) is 16.8 Å². The molecule has 0 spiro atoms. The molecule has 8 nitrogen and oxygen atoms in total. The lowest BCUT2D eigenvalue weighted by molar-refractivity contribution is -0.135. The summed E-state index contributed by atoms with van der Waals surface area (Å²) in [5.41, 5.74) is 1.39. The average Bonchev–Trinajstić information content (AvgIpc) is 3.20. The highest BCUT2D eigenvalue weighted by atomic mass is 35.5. The van der Waals surface area contributed by atoms with Crippen molar-refractivity contribution in [1.82, 2.24) is 15.1 Å². The van der Waals surface area contributed by atoms with Crippen LogP contribution in [0.5, 0.6) is 0 Å². The average molecular weight is 585 g/mol. The van der Waals surface area contributed by atoms with Crippen LogP contribution in [-0.4, -0.2) is 52.1 Å². The molecule has 1 aliphatic carbocycles. The highest BCUT2D eigenvalue weighted by molar-refractivity contribution is 7.86. The maximum absolute atomic E-state index is 13.2.